The van der Waals surface area contributed by atoms with E-state index in [4.69, 9.17) is 0 Å². The number of aromatic nitrogens is 2. The van der Waals surface area contributed by atoms with Gasteiger partial charge in [0.05, 0.1) is 15.3 Å². The Morgan fingerprint density at radius 3 is 2.61 bits per heavy atom. The van der Waals surface area contributed by atoms with E-state index in [-0.39, 0.29) is 10.5 Å². The third kappa shape index (κ3) is 3.94. The van der Waals surface area contributed by atoms with Crippen LogP contribution in [0.5, 0.6) is 0 Å². The fourth-order valence-electron chi connectivity index (χ4n) is 3.12. The number of hydrazine groups is 1. The minimum Gasteiger partial charge on any atom is -0.289 e. The Balaban J connectivity index is 1.47. The number of sulfonamides is 1. The van der Waals surface area contributed by atoms with Gasteiger partial charge in [-0.05, 0) is 24.3 Å². The first kappa shape index (κ1) is 21.4. The topological polar surface area (TPSA) is 113 Å². The zero-order valence-corrected chi connectivity index (χ0v) is 19.1. The van der Waals surface area contributed by atoms with Crippen molar-refractivity contribution in [2.75, 3.05) is 13.1 Å². The van der Waals surface area contributed by atoms with Crippen molar-refractivity contribution in [2.24, 2.45) is 0 Å². The molecule has 0 spiro atoms. The van der Waals surface area contributed by atoms with Gasteiger partial charge in [0.2, 0.25) is 10.0 Å². The number of nitrogens with one attached hydrogen (secondary N) is 2. The number of amides is 2. The molecule has 31 heavy (non-hydrogen) atoms. The SMILES string of the molecule is CCN(CC)S(=O)(=O)c1cccc(C(=O)NNC(=O)c2cc3c(nc4sccn43)s2)c1. The lowest BCUT2D eigenvalue weighted by Gasteiger charge is -2.18. The van der Waals surface area contributed by atoms with E-state index in [0.29, 0.717) is 18.0 Å². The largest absolute Gasteiger partial charge is 0.289 e. The van der Waals surface area contributed by atoms with Crippen LogP contribution in [0.3, 0.4) is 0 Å². The summed E-state index contributed by atoms with van der Waals surface area (Å²) in [6.45, 7) is 4.15. The molecule has 0 unspecified atom stereocenters. The van der Waals surface area contributed by atoms with Crippen molar-refractivity contribution in [3.8, 4) is 0 Å². The number of benzene rings is 1. The molecule has 9 nitrogen and oxygen atoms in total. The predicted octanol–water partition coefficient (Wildman–Crippen LogP) is 2.72. The highest BCUT2D eigenvalue weighted by molar-refractivity contribution is 7.89. The second kappa shape index (κ2) is 8.38. The first-order valence-corrected chi connectivity index (χ1v) is 12.5. The lowest BCUT2D eigenvalue weighted by Crippen LogP contribution is -2.41. The van der Waals surface area contributed by atoms with Gasteiger partial charge in [0.1, 0.15) is 4.83 Å². The molecule has 0 aliphatic carbocycles. The number of carbonyl (C=O) groups excluding carboxylic acids is 2. The van der Waals surface area contributed by atoms with Crippen molar-refractivity contribution in [1.29, 1.82) is 0 Å². The van der Waals surface area contributed by atoms with Crippen LogP contribution in [0.1, 0.15) is 33.9 Å². The highest BCUT2D eigenvalue weighted by atomic mass is 32.2. The van der Waals surface area contributed by atoms with E-state index in [1.165, 1.54) is 51.2 Å². The highest BCUT2D eigenvalue weighted by Crippen LogP contribution is 2.28. The minimum absolute atomic E-state index is 0.0232. The van der Waals surface area contributed by atoms with Crippen LogP contribution in [0.2, 0.25) is 0 Å². The molecule has 2 N–H and O–H groups in total. The molecule has 1 aromatic carbocycles. The molecule has 0 fully saturated rings. The van der Waals surface area contributed by atoms with E-state index >= 15 is 0 Å². The lowest BCUT2D eigenvalue weighted by atomic mass is 10.2. The number of thiazole rings is 1. The minimum atomic E-state index is -3.69. The molecule has 0 aliphatic heterocycles. The van der Waals surface area contributed by atoms with Crippen molar-refractivity contribution in [2.45, 2.75) is 18.7 Å². The number of hydrogen-bond acceptors (Lipinski definition) is 7. The van der Waals surface area contributed by atoms with Crippen LogP contribution >= 0.6 is 22.7 Å². The van der Waals surface area contributed by atoms with E-state index in [1.54, 1.807) is 19.9 Å². The van der Waals surface area contributed by atoms with Crippen molar-refractivity contribution in [3.63, 3.8) is 0 Å². The highest BCUT2D eigenvalue weighted by Gasteiger charge is 2.23. The first-order chi connectivity index (χ1) is 14.8. The maximum Gasteiger partial charge on any atom is 0.279 e. The van der Waals surface area contributed by atoms with Gasteiger partial charge in [-0.2, -0.15) is 4.31 Å². The molecule has 162 valence electrons. The maximum absolute atomic E-state index is 12.7. The van der Waals surface area contributed by atoms with Crippen LogP contribution in [0, 0.1) is 0 Å². The summed E-state index contributed by atoms with van der Waals surface area (Å²) in [5.41, 5.74) is 5.65. The van der Waals surface area contributed by atoms with Gasteiger partial charge in [-0.1, -0.05) is 19.9 Å². The summed E-state index contributed by atoms with van der Waals surface area (Å²) in [5, 5.41) is 1.91. The summed E-state index contributed by atoms with van der Waals surface area (Å²) < 4.78 is 28.6. The van der Waals surface area contributed by atoms with Gasteiger partial charge >= 0.3 is 0 Å². The summed E-state index contributed by atoms with van der Waals surface area (Å²) in [4.78, 5) is 31.4. The van der Waals surface area contributed by atoms with Crippen molar-refractivity contribution in [3.05, 3.63) is 52.3 Å². The molecule has 0 bridgehead atoms. The molecule has 3 aromatic heterocycles. The van der Waals surface area contributed by atoms with Gasteiger partial charge < -0.3 is 0 Å². The molecular weight excluding hydrogens is 458 g/mol. The second-order valence-corrected chi connectivity index (χ2v) is 10.3. The van der Waals surface area contributed by atoms with Crippen LogP contribution in [0.15, 0.2) is 46.8 Å². The number of rotatable bonds is 6. The van der Waals surface area contributed by atoms with Crippen LogP contribution in [0.25, 0.3) is 15.3 Å². The van der Waals surface area contributed by atoms with E-state index in [0.717, 1.165) is 15.3 Å². The third-order valence-corrected chi connectivity index (χ3v) is 8.51. The zero-order chi connectivity index (χ0) is 22.2. The fourth-order valence-corrected chi connectivity index (χ4v) is 6.32. The van der Waals surface area contributed by atoms with Gasteiger partial charge in [0, 0.05) is 30.2 Å². The first-order valence-electron chi connectivity index (χ1n) is 9.41. The average Bonchev–Trinajstić information content (AvgIpc) is 3.45. The molecule has 4 rings (SSSR count). The Labute approximate surface area is 186 Å². The number of carbonyl (C=O) groups is 2. The van der Waals surface area contributed by atoms with Crippen molar-refractivity contribution in [1.82, 2.24) is 24.5 Å². The van der Waals surface area contributed by atoms with Gasteiger partial charge in [-0.25, -0.2) is 13.4 Å². The Bertz CT molecular complexity index is 1380. The van der Waals surface area contributed by atoms with Gasteiger partial charge in [-0.15, -0.1) is 22.7 Å². The molecule has 0 saturated heterocycles. The number of imidazole rings is 1. The predicted molar refractivity (Wildman–Crippen MR) is 120 cm³/mol. The second-order valence-electron chi connectivity index (χ2n) is 6.49. The van der Waals surface area contributed by atoms with Gasteiger partial charge in [-0.3, -0.25) is 24.8 Å². The Hall–Kier alpha value is -2.80. The zero-order valence-electron chi connectivity index (χ0n) is 16.7. The van der Waals surface area contributed by atoms with Crippen LogP contribution in [0.4, 0.5) is 0 Å². The molecule has 0 saturated carbocycles. The molecule has 0 radical (unpaired) electrons. The fraction of sp³-hybridized carbons (Fsp3) is 0.211. The summed E-state index contributed by atoms with van der Waals surface area (Å²) in [6.07, 6.45) is 1.88. The summed E-state index contributed by atoms with van der Waals surface area (Å²) in [7, 11) is -3.69. The Kier molecular flexibility index (Phi) is 5.79. The van der Waals surface area contributed by atoms with E-state index < -0.39 is 21.8 Å². The number of thiophene rings is 1. The molecule has 0 aliphatic rings. The van der Waals surface area contributed by atoms with Gasteiger partial charge in [0.15, 0.2) is 4.96 Å². The van der Waals surface area contributed by atoms with E-state index in [2.05, 4.69) is 15.8 Å². The molecule has 0 atom stereocenters. The number of hydrogen-bond donors (Lipinski definition) is 2. The molecule has 2 amide bonds. The summed E-state index contributed by atoms with van der Waals surface area (Å²) in [5.74, 6) is -1.10. The van der Waals surface area contributed by atoms with Crippen LogP contribution < -0.4 is 10.9 Å². The number of nitrogens with zero attached hydrogens (tertiary/aromatic N) is 3. The number of fused-ring (bicyclic) bond motifs is 3. The Morgan fingerprint density at radius 2 is 1.87 bits per heavy atom. The third-order valence-electron chi connectivity index (χ3n) is 4.69. The standard InChI is InChI=1S/C19H19N5O4S3/c1-3-23(4-2)31(27,28)13-7-5-6-12(10-13)16(25)21-22-17(26)15-11-14-18(30-15)20-19-24(14)8-9-29-19/h5-11H,3-4H2,1-2H3,(H,21,25)(H,22,26). The molecule has 4 aromatic rings. The summed E-state index contributed by atoms with van der Waals surface area (Å²) in [6, 6.07) is 7.42. The van der Waals surface area contributed by atoms with Crippen LogP contribution in [-0.4, -0.2) is 47.0 Å². The maximum atomic E-state index is 12.7. The Morgan fingerprint density at radius 1 is 1.13 bits per heavy atom. The van der Waals surface area contributed by atoms with Gasteiger partial charge in [0.25, 0.3) is 11.8 Å². The van der Waals surface area contributed by atoms with E-state index in [9.17, 15) is 18.0 Å². The van der Waals surface area contributed by atoms with Crippen LogP contribution in [-0.2, 0) is 10.0 Å². The smallest absolute Gasteiger partial charge is 0.279 e. The lowest BCUT2D eigenvalue weighted by molar-refractivity contribution is 0.0849. The molecule has 3 heterocycles. The molecule has 12 heteroatoms. The van der Waals surface area contributed by atoms with Crippen molar-refractivity contribution >= 4 is 59.8 Å². The average molecular weight is 478 g/mol. The quantitative estimate of drug-likeness (QED) is 0.415. The summed E-state index contributed by atoms with van der Waals surface area (Å²) >= 11 is 2.73. The van der Waals surface area contributed by atoms with Crippen molar-refractivity contribution < 1.29 is 18.0 Å². The molecular formula is C19H19N5O4S3. The normalized spacial score (nSPS) is 12.0. The van der Waals surface area contributed by atoms with E-state index in [1.807, 2.05) is 16.0 Å². The monoisotopic (exact) mass is 477 g/mol.